The molecule has 168 valence electrons. The van der Waals surface area contributed by atoms with Crippen LogP contribution in [-0.2, 0) is 16.0 Å². The van der Waals surface area contributed by atoms with Crippen molar-refractivity contribution in [3.8, 4) is 5.75 Å². The van der Waals surface area contributed by atoms with Crippen LogP contribution >= 0.6 is 23.1 Å². The van der Waals surface area contributed by atoms with Crippen molar-refractivity contribution in [2.75, 3.05) is 11.1 Å². The summed E-state index contributed by atoms with van der Waals surface area (Å²) in [6, 6.07) is 6.12. The third-order valence-corrected chi connectivity index (χ3v) is 6.56. The Bertz CT molecular complexity index is 968. The maximum absolute atomic E-state index is 12.9. The Morgan fingerprint density at radius 2 is 1.77 bits per heavy atom. The second-order valence-corrected chi connectivity index (χ2v) is 9.60. The Morgan fingerprint density at radius 1 is 1.16 bits per heavy atom. The Morgan fingerprint density at radius 3 is 2.29 bits per heavy atom. The van der Waals surface area contributed by atoms with Gasteiger partial charge < -0.3 is 15.2 Å². The van der Waals surface area contributed by atoms with E-state index in [1.165, 1.54) is 37.3 Å². The zero-order chi connectivity index (χ0) is 23.4. The van der Waals surface area contributed by atoms with E-state index in [9.17, 15) is 27.6 Å². The van der Waals surface area contributed by atoms with Crippen molar-refractivity contribution < 1.29 is 37.4 Å². The number of carboxylic acid groups (broad SMARTS) is 1. The Hall–Kier alpha value is -2.53. The molecule has 6 nitrogen and oxygen atoms in total. The van der Waals surface area contributed by atoms with Gasteiger partial charge in [0.05, 0.1) is 11.3 Å². The van der Waals surface area contributed by atoms with Gasteiger partial charge in [0.15, 0.2) is 5.78 Å². The zero-order valence-corrected chi connectivity index (χ0v) is 18.5. The van der Waals surface area contributed by atoms with Crippen LogP contribution in [0.25, 0.3) is 0 Å². The molecule has 2 aromatic rings. The molecule has 0 aliphatic carbocycles. The standard InChI is InChI=1S/C20H20F3NO5S2/c1-4-13-9-14(16(26)11-5-7-12(8-6-11)29-20(21,22)23)17(31-13)24-15(25)10-30-19(2,3)18(27)28/h5-9H,4,10H2,1-3H3,(H,24,25)(H,27,28). The molecule has 1 aromatic heterocycles. The summed E-state index contributed by atoms with van der Waals surface area (Å²) in [5.41, 5.74) is 0.342. The van der Waals surface area contributed by atoms with Crippen molar-refractivity contribution in [1.29, 1.82) is 0 Å². The van der Waals surface area contributed by atoms with Crippen molar-refractivity contribution in [3.63, 3.8) is 0 Å². The van der Waals surface area contributed by atoms with E-state index in [0.29, 0.717) is 11.4 Å². The van der Waals surface area contributed by atoms with Crippen LogP contribution < -0.4 is 10.1 Å². The van der Waals surface area contributed by atoms with Gasteiger partial charge in [-0.2, -0.15) is 0 Å². The van der Waals surface area contributed by atoms with Gasteiger partial charge >= 0.3 is 12.3 Å². The highest BCUT2D eigenvalue weighted by atomic mass is 32.2. The molecule has 0 saturated carbocycles. The molecule has 11 heteroatoms. The lowest BCUT2D eigenvalue weighted by Gasteiger charge is -2.17. The molecule has 0 aliphatic heterocycles. The fourth-order valence-corrected chi connectivity index (χ4v) is 4.01. The van der Waals surface area contributed by atoms with E-state index in [0.717, 1.165) is 28.8 Å². The molecular formula is C20H20F3NO5S2. The number of hydrogen-bond donors (Lipinski definition) is 2. The van der Waals surface area contributed by atoms with E-state index >= 15 is 0 Å². The second kappa shape index (κ2) is 9.73. The number of amides is 1. The lowest BCUT2D eigenvalue weighted by atomic mass is 10.0. The molecule has 0 spiro atoms. The monoisotopic (exact) mass is 475 g/mol. The van der Waals surface area contributed by atoms with Gasteiger partial charge in [-0.1, -0.05) is 6.92 Å². The fraction of sp³-hybridized carbons (Fsp3) is 0.350. The molecule has 2 N–H and O–H groups in total. The summed E-state index contributed by atoms with van der Waals surface area (Å²) in [5, 5.41) is 12.1. The number of carboxylic acids is 1. The van der Waals surface area contributed by atoms with Gasteiger partial charge in [-0.25, -0.2) is 0 Å². The number of thioether (sulfide) groups is 1. The number of aryl methyl sites for hydroxylation is 1. The lowest BCUT2D eigenvalue weighted by molar-refractivity contribution is -0.274. The minimum Gasteiger partial charge on any atom is -0.480 e. The van der Waals surface area contributed by atoms with Gasteiger partial charge in [0.25, 0.3) is 0 Å². The largest absolute Gasteiger partial charge is 0.573 e. The minimum absolute atomic E-state index is 0.129. The normalized spacial score (nSPS) is 11.8. The summed E-state index contributed by atoms with van der Waals surface area (Å²) in [6.45, 7) is 4.84. The SMILES string of the molecule is CCc1cc(C(=O)c2ccc(OC(F)(F)F)cc2)c(NC(=O)CSC(C)(C)C(=O)O)s1. The third kappa shape index (κ3) is 7.00. The molecule has 0 fully saturated rings. The van der Waals surface area contributed by atoms with Crippen LogP contribution in [0.15, 0.2) is 30.3 Å². The molecular weight excluding hydrogens is 455 g/mol. The third-order valence-electron chi connectivity index (χ3n) is 4.06. The number of nitrogens with one attached hydrogen (secondary N) is 1. The first-order valence-corrected chi connectivity index (χ1v) is 10.8. The van der Waals surface area contributed by atoms with Crippen LogP contribution in [0.3, 0.4) is 0 Å². The quantitative estimate of drug-likeness (QED) is 0.497. The number of rotatable bonds is 9. The number of alkyl halides is 3. The average molecular weight is 476 g/mol. The molecule has 31 heavy (non-hydrogen) atoms. The number of benzene rings is 1. The number of ketones is 1. The molecule has 2 rings (SSSR count). The van der Waals surface area contributed by atoms with Gasteiger partial charge in [-0.05, 0) is 50.6 Å². The predicted octanol–water partition coefficient (Wildman–Crippen LogP) is 4.98. The highest BCUT2D eigenvalue weighted by Crippen LogP contribution is 2.32. The van der Waals surface area contributed by atoms with Gasteiger partial charge in [0.2, 0.25) is 5.91 Å². The van der Waals surface area contributed by atoms with E-state index in [1.807, 2.05) is 6.92 Å². The van der Waals surface area contributed by atoms with E-state index < -0.39 is 34.5 Å². The molecule has 1 aromatic carbocycles. The van der Waals surface area contributed by atoms with Crippen LogP contribution in [0, 0.1) is 0 Å². The zero-order valence-electron chi connectivity index (χ0n) is 16.8. The molecule has 1 heterocycles. The average Bonchev–Trinajstić information content (AvgIpc) is 3.08. The topological polar surface area (TPSA) is 92.7 Å². The molecule has 0 unspecified atom stereocenters. The summed E-state index contributed by atoms with van der Waals surface area (Å²) in [6.07, 6.45) is -4.22. The number of halogens is 3. The molecule has 0 radical (unpaired) electrons. The summed E-state index contributed by atoms with van der Waals surface area (Å²) in [4.78, 5) is 37.2. The number of hydrogen-bond acceptors (Lipinski definition) is 6. The van der Waals surface area contributed by atoms with Crippen molar-refractivity contribution >= 4 is 45.8 Å². The van der Waals surface area contributed by atoms with E-state index in [1.54, 1.807) is 6.07 Å². The van der Waals surface area contributed by atoms with Crippen molar-refractivity contribution in [1.82, 2.24) is 0 Å². The number of thiophene rings is 1. The van der Waals surface area contributed by atoms with E-state index in [2.05, 4.69) is 10.1 Å². The lowest BCUT2D eigenvalue weighted by Crippen LogP contribution is -2.29. The van der Waals surface area contributed by atoms with Crippen LogP contribution in [-0.4, -0.2) is 39.6 Å². The Kier molecular flexibility index (Phi) is 7.77. The summed E-state index contributed by atoms with van der Waals surface area (Å²) in [7, 11) is 0. The van der Waals surface area contributed by atoms with E-state index in [4.69, 9.17) is 5.11 Å². The maximum Gasteiger partial charge on any atom is 0.573 e. The number of ether oxygens (including phenoxy) is 1. The highest BCUT2D eigenvalue weighted by molar-refractivity contribution is 8.02. The first-order chi connectivity index (χ1) is 14.3. The van der Waals surface area contributed by atoms with Crippen molar-refractivity contribution in [3.05, 3.63) is 46.3 Å². The van der Waals surface area contributed by atoms with Crippen LogP contribution in [0.1, 0.15) is 41.6 Å². The van der Waals surface area contributed by atoms with Gasteiger partial charge in [0, 0.05) is 10.4 Å². The van der Waals surface area contributed by atoms with Crippen molar-refractivity contribution in [2.45, 2.75) is 38.3 Å². The molecule has 0 bridgehead atoms. The highest BCUT2D eigenvalue weighted by Gasteiger charge is 2.31. The van der Waals surface area contributed by atoms with Gasteiger partial charge in [-0.15, -0.1) is 36.3 Å². The Balaban J connectivity index is 2.18. The first-order valence-electron chi connectivity index (χ1n) is 9.03. The molecule has 0 atom stereocenters. The smallest absolute Gasteiger partial charge is 0.480 e. The summed E-state index contributed by atoms with van der Waals surface area (Å²) in [5.74, 6) is -2.57. The number of anilines is 1. The van der Waals surface area contributed by atoms with E-state index in [-0.39, 0.29) is 16.9 Å². The molecule has 1 amide bonds. The minimum atomic E-state index is -4.83. The molecule has 0 saturated heterocycles. The number of carbonyl (C=O) groups excluding carboxylic acids is 2. The number of carbonyl (C=O) groups is 3. The van der Waals surface area contributed by atoms with Crippen LogP contribution in [0.5, 0.6) is 5.75 Å². The van der Waals surface area contributed by atoms with Gasteiger partial charge in [-0.3, -0.25) is 14.4 Å². The fourth-order valence-electron chi connectivity index (χ4n) is 2.31. The second-order valence-electron chi connectivity index (χ2n) is 6.86. The van der Waals surface area contributed by atoms with Gasteiger partial charge in [0.1, 0.15) is 15.5 Å². The predicted molar refractivity (Wildman–Crippen MR) is 113 cm³/mol. The number of aliphatic carboxylic acids is 1. The Labute approximate surface area is 184 Å². The first kappa shape index (κ1) is 24.7. The summed E-state index contributed by atoms with van der Waals surface area (Å²) >= 11 is 2.16. The van der Waals surface area contributed by atoms with Crippen LogP contribution in [0.2, 0.25) is 0 Å². The van der Waals surface area contributed by atoms with Crippen LogP contribution in [0.4, 0.5) is 18.2 Å². The molecule has 0 aliphatic rings. The maximum atomic E-state index is 12.9. The summed E-state index contributed by atoms with van der Waals surface area (Å²) < 4.78 is 39.5. The van der Waals surface area contributed by atoms with Crippen molar-refractivity contribution in [2.24, 2.45) is 0 Å².